The lowest BCUT2D eigenvalue weighted by molar-refractivity contribution is 0.103. The Labute approximate surface area is 195 Å². The summed E-state index contributed by atoms with van der Waals surface area (Å²) in [4.78, 5) is 13.7. The van der Waals surface area contributed by atoms with Crippen LogP contribution in [0.4, 0.5) is 0 Å². The highest BCUT2D eigenvalue weighted by Gasteiger charge is 2.23. The van der Waals surface area contributed by atoms with Crippen molar-refractivity contribution >= 4 is 28.3 Å². The highest BCUT2D eigenvalue weighted by Crippen LogP contribution is 2.32. The Balaban J connectivity index is 1.61. The van der Waals surface area contributed by atoms with Gasteiger partial charge in [0.2, 0.25) is 0 Å². The van der Waals surface area contributed by atoms with Crippen LogP contribution in [0.1, 0.15) is 27.2 Å². The van der Waals surface area contributed by atoms with Crippen molar-refractivity contribution in [2.24, 2.45) is 0 Å². The molecule has 0 spiro atoms. The van der Waals surface area contributed by atoms with E-state index < -0.39 is 0 Å². The zero-order chi connectivity index (χ0) is 22.9. The Morgan fingerprint density at radius 2 is 1.94 bits per heavy atom. The van der Waals surface area contributed by atoms with Gasteiger partial charge in [-0.25, -0.2) is 4.68 Å². The van der Waals surface area contributed by atoms with Crippen molar-refractivity contribution in [1.29, 1.82) is 0 Å². The average molecular weight is 458 g/mol. The maximum absolute atomic E-state index is 13.7. The molecule has 0 aliphatic rings. The zero-order valence-corrected chi connectivity index (χ0v) is 18.8. The van der Waals surface area contributed by atoms with Gasteiger partial charge < -0.3 is 9.30 Å². The molecule has 8 heteroatoms. The minimum absolute atomic E-state index is 0.115. The fourth-order valence-corrected chi connectivity index (χ4v) is 4.10. The van der Waals surface area contributed by atoms with Crippen molar-refractivity contribution in [2.75, 3.05) is 7.11 Å². The number of carbonyl (C=O) groups is 1. The molecule has 5 rings (SSSR count). The Hall–Kier alpha value is -3.97. The van der Waals surface area contributed by atoms with Gasteiger partial charge in [0.15, 0.2) is 11.6 Å². The number of ether oxygens (including phenoxy) is 1. The Morgan fingerprint density at radius 3 is 2.67 bits per heavy atom. The number of hydrogen-bond acceptors (Lipinski definition) is 5. The van der Waals surface area contributed by atoms with E-state index in [0.29, 0.717) is 34.3 Å². The summed E-state index contributed by atoms with van der Waals surface area (Å²) in [6.45, 7) is 2.57. The molecule has 0 atom stereocenters. The van der Waals surface area contributed by atoms with Crippen LogP contribution < -0.4 is 4.74 Å². The second-order valence-corrected chi connectivity index (χ2v) is 8.08. The van der Waals surface area contributed by atoms with E-state index in [4.69, 9.17) is 16.3 Å². The fraction of sp³-hybridized carbons (Fsp3) is 0.120. The number of methoxy groups -OCH3 is 1. The van der Waals surface area contributed by atoms with Crippen molar-refractivity contribution in [3.8, 4) is 11.6 Å². The lowest BCUT2D eigenvalue weighted by Gasteiger charge is -2.09. The molecule has 0 bridgehead atoms. The smallest absolute Gasteiger partial charge is 0.198 e. The second-order valence-electron chi connectivity index (χ2n) is 7.64. The third-order valence-corrected chi connectivity index (χ3v) is 5.90. The molecular weight excluding hydrogens is 438 g/mol. The van der Waals surface area contributed by atoms with E-state index in [1.807, 2.05) is 49.4 Å². The van der Waals surface area contributed by atoms with E-state index in [1.54, 1.807) is 42.5 Å². The number of nitrogens with zero attached hydrogens (tertiary/aromatic N) is 5. The Morgan fingerprint density at radius 1 is 1.12 bits per heavy atom. The van der Waals surface area contributed by atoms with E-state index in [0.717, 1.165) is 22.2 Å². The molecule has 0 saturated heterocycles. The SMILES string of the molecule is COc1ccc2c(c1)c(C(=O)c1cnn(-c3cccnn3)c1)c(C)n2Cc1ccc(Cl)cc1. The maximum atomic E-state index is 13.7. The molecule has 0 amide bonds. The van der Waals surface area contributed by atoms with Crippen LogP contribution in [-0.2, 0) is 6.54 Å². The molecule has 7 nitrogen and oxygen atoms in total. The summed E-state index contributed by atoms with van der Waals surface area (Å²) >= 11 is 6.05. The normalized spacial score (nSPS) is 11.1. The van der Waals surface area contributed by atoms with Gasteiger partial charge in [-0.15, -0.1) is 5.10 Å². The molecule has 3 aromatic heterocycles. The average Bonchev–Trinajstić information content (AvgIpc) is 3.44. The lowest BCUT2D eigenvalue weighted by atomic mass is 10.0. The third-order valence-electron chi connectivity index (χ3n) is 5.65. The van der Waals surface area contributed by atoms with Gasteiger partial charge in [0.25, 0.3) is 0 Å². The van der Waals surface area contributed by atoms with Crippen molar-refractivity contribution in [3.63, 3.8) is 0 Å². The van der Waals surface area contributed by atoms with Crippen LogP contribution in [0.25, 0.3) is 16.7 Å². The van der Waals surface area contributed by atoms with Gasteiger partial charge in [-0.2, -0.15) is 10.2 Å². The summed E-state index contributed by atoms with van der Waals surface area (Å²) in [6.07, 6.45) is 4.82. The predicted molar refractivity (Wildman–Crippen MR) is 126 cm³/mol. The molecule has 0 unspecified atom stereocenters. The van der Waals surface area contributed by atoms with E-state index in [9.17, 15) is 4.79 Å². The number of hydrogen-bond donors (Lipinski definition) is 0. The molecule has 5 aromatic rings. The zero-order valence-electron chi connectivity index (χ0n) is 18.1. The first-order valence-electron chi connectivity index (χ1n) is 10.3. The van der Waals surface area contributed by atoms with Crippen molar-refractivity contribution < 1.29 is 9.53 Å². The quantitative estimate of drug-likeness (QED) is 0.340. The minimum Gasteiger partial charge on any atom is -0.497 e. The van der Waals surface area contributed by atoms with Gasteiger partial charge in [0, 0.05) is 40.6 Å². The number of carbonyl (C=O) groups excluding carboxylic acids is 1. The first-order chi connectivity index (χ1) is 16.0. The minimum atomic E-state index is -0.115. The van der Waals surface area contributed by atoms with Crippen molar-refractivity contribution in [2.45, 2.75) is 13.5 Å². The van der Waals surface area contributed by atoms with Gasteiger partial charge in [0.1, 0.15) is 5.75 Å². The third kappa shape index (κ3) is 3.87. The monoisotopic (exact) mass is 457 g/mol. The molecular formula is C25H20ClN5O2. The molecule has 0 aliphatic carbocycles. The van der Waals surface area contributed by atoms with Crippen LogP contribution in [0.15, 0.2) is 73.2 Å². The van der Waals surface area contributed by atoms with Crippen LogP contribution in [0, 0.1) is 6.92 Å². The molecule has 2 aromatic carbocycles. The molecule has 3 heterocycles. The van der Waals surface area contributed by atoms with Crippen LogP contribution in [0.5, 0.6) is 5.75 Å². The number of aromatic nitrogens is 5. The fourth-order valence-electron chi connectivity index (χ4n) is 3.98. The van der Waals surface area contributed by atoms with Crippen molar-refractivity contribution in [3.05, 3.63) is 101 Å². The lowest BCUT2D eigenvalue weighted by Crippen LogP contribution is -2.06. The topological polar surface area (TPSA) is 74.8 Å². The van der Waals surface area contributed by atoms with E-state index in [1.165, 1.54) is 0 Å². The summed E-state index contributed by atoms with van der Waals surface area (Å²) in [5.41, 5.74) is 4.00. The predicted octanol–water partition coefficient (Wildman–Crippen LogP) is 4.87. The molecule has 164 valence electrons. The van der Waals surface area contributed by atoms with Crippen LogP contribution >= 0.6 is 11.6 Å². The number of benzene rings is 2. The Kier molecular flexibility index (Phi) is 5.40. The largest absolute Gasteiger partial charge is 0.497 e. The first-order valence-corrected chi connectivity index (χ1v) is 10.7. The highest BCUT2D eigenvalue weighted by molar-refractivity contribution is 6.30. The van der Waals surface area contributed by atoms with Crippen LogP contribution in [0.2, 0.25) is 5.02 Å². The second kappa shape index (κ2) is 8.52. The van der Waals surface area contributed by atoms with E-state index in [2.05, 4.69) is 19.9 Å². The molecule has 0 radical (unpaired) electrons. The van der Waals surface area contributed by atoms with E-state index in [-0.39, 0.29) is 5.78 Å². The molecule has 0 saturated carbocycles. The number of halogens is 1. The Bertz CT molecular complexity index is 1460. The summed E-state index contributed by atoms with van der Waals surface area (Å²) in [6, 6.07) is 17.1. The maximum Gasteiger partial charge on any atom is 0.198 e. The molecule has 0 aliphatic heterocycles. The molecule has 33 heavy (non-hydrogen) atoms. The summed E-state index contributed by atoms with van der Waals surface area (Å²) < 4.78 is 9.12. The van der Waals surface area contributed by atoms with Crippen LogP contribution in [-0.4, -0.2) is 37.4 Å². The van der Waals surface area contributed by atoms with E-state index >= 15 is 0 Å². The van der Waals surface area contributed by atoms with Gasteiger partial charge >= 0.3 is 0 Å². The van der Waals surface area contributed by atoms with Gasteiger partial charge in [0.05, 0.1) is 24.4 Å². The number of ketones is 1. The highest BCUT2D eigenvalue weighted by atomic mass is 35.5. The van der Waals surface area contributed by atoms with Gasteiger partial charge in [-0.3, -0.25) is 4.79 Å². The summed E-state index contributed by atoms with van der Waals surface area (Å²) in [5, 5.41) is 13.8. The van der Waals surface area contributed by atoms with Crippen molar-refractivity contribution in [1.82, 2.24) is 24.5 Å². The number of rotatable bonds is 6. The standard InChI is InChI=1S/C25H20ClN5O2/c1-16-24(25(32)18-13-28-31(15-18)23-4-3-11-27-29-23)21-12-20(33-2)9-10-22(21)30(16)14-17-5-7-19(26)8-6-17/h3-13,15H,14H2,1-2H3. The van der Waals surface area contributed by atoms with Crippen LogP contribution in [0.3, 0.4) is 0 Å². The van der Waals surface area contributed by atoms with Gasteiger partial charge in [-0.1, -0.05) is 23.7 Å². The summed E-state index contributed by atoms with van der Waals surface area (Å²) in [5.74, 6) is 1.12. The molecule has 0 N–H and O–H groups in total. The number of fused-ring (bicyclic) bond motifs is 1. The summed E-state index contributed by atoms with van der Waals surface area (Å²) in [7, 11) is 1.62. The van der Waals surface area contributed by atoms with Gasteiger partial charge in [-0.05, 0) is 55.0 Å². The molecule has 0 fully saturated rings. The first kappa shape index (κ1) is 20.9.